The number of benzene rings is 2. The molecule has 1 aliphatic heterocycles. The molecule has 1 saturated heterocycles. The minimum atomic E-state index is -0.0347. The summed E-state index contributed by atoms with van der Waals surface area (Å²) >= 11 is 1.40. The molecule has 0 unspecified atom stereocenters. The van der Waals surface area contributed by atoms with Gasteiger partial charge in [-0.2, -0.15) is 0 Å². The molecule has 1 heterocycles. The van der Waals surface area contributed by atoms with Gasteiger partial charge in [0.2, 0.25) is 0 Å². The number of methoxy groups -OCH3 is 1. The zero-order chi connectivity index (χ0) is 20.2. The third-order valence-corrected chi connectivity index (χ3v) is 5.93. The first-order valence-corrected chi connectivity index (χ1v) is 10.3. The third-order valence-electron chi connectivity index (χ3n) is 4.87. The molecule has 0 atom stereocenters. The number of ether oxygens (including phenoxy) is 1. The number of nitrogens with zero attached hydrogens (tertiary/aromatic N) is 2. The number of aliphatic imine (C=N–C) groups is 1. The Morgan fingerprint density at radius 3 is 2.72 bits per heavy atom. The molecule has 1 fully saturated rings. The van der Waals surface area contributed by atoms with Crippen LogP contribution in [0.4, 0.5) is 5.69 Å². The fourth-order valence-corrected chi connectivity index (χ4v) is 4.23. The van der Waals surface area contributed by atoms with E-state index in [4.69, 9.17) is 4.74 Å². The van der Waals surface area contributed by atoms with Crippen molar-refractivity contribution in [2.24, 2.45) is 4.99 Å². The van der Waals surface area contributed by atoms with E-state index in [-0.39, 0.29) is 5.91 Å². The number of carbonyl (C=O) groups is 1. The van der Waals surface area contributed by atoms with E-state index in [9.17, 15) is 4.79 Å². The van der Waals surface area contributed by atoms with E-state index >= 15 is 0 Å². The lowest BCUT2D eigenvalue weighted by Crippen LogP contribution is -2.23. The number of likely N-dealkylation sites (N-methyl/N-ethyl adjacent to an activating group) is 1. The normalized spacial score (nSPS) is 19.2. The molecule has 0 saturated carbocycles. The first-order valence-electron chi connectivity index (χ1n) is 9.50. The molecule has 0 bridgehead atoms. The molecule has 0 spiro atoms. The van der Waals surface area contributed by atoms with Crippen LogP contribution in [0.5, 0.6) is 5.75 Å². The van der Waals surface area contributed by atoms with Crippen molar-refractivity contribution < 1.29 is 9.53 Å². The van der Waals surface area contributed by atoms with Gasteiger partial charge in [0.1, 0.15) is 5.75 Å². The van der Waals surface area contributed by atoms with Crippen LogP contribution in [-0.2, 0) is 4.79 Å². The number of thioether (sulfide) groups is 1. The zero-order valence-corrected chi connectivity index (χ0v) is 17.3. The van der Waals surface area contributed by atoms with E-state index < -0.39 is 0 Å². The summed E-state index contributed by atoms with van der Waals surface area (Å²) in [6.07, 6.45) is 10.5. The smallest absolute Gasteiger partial charge is 0.266 e. The molecule has 0 aromatic heterocycles. The Hall–Kier alpha value is -3.05. The Balaban J connectivity index is 1.58. The summed E-state index contributed by atoms with van der Waals surface area (Å²) in [5, 5.41) is 0.669. The Morgan fingerprint density at radius 2 is 2.00 bits per heavy atom. The van der Waals surface area contributed by atoms with Crippen molar-refractivity contribution in [3.63, 3.8) is 0 Å². The van der Waals surface area contributed by atoms with Crippen molar-refractivity contribution in [3.8, 4) is 5.75 Å². The number of hydrogen-bond acceptors (Lipinski definition) is 4. The topological polar surface area (TPSA) is 41.9 Å². The number of carbonyl (C=O) groups excluding carboxylic acids is 1. The summed E-state index contributed by atoms with van der Waals surface area (Å²) in [7, 11) is 3.39. The maximum atomic E-state index is 12.7. The van der Waals surface area contributed by atoms with Crippen LogP contribution in [0.15, 0.2) is 76.7 Å². The second kappa shape index (κ2) is 8.53. The largest absolute Gasteiger partial charge is 0.497 e. The molecule has 0 N–H and O–H groups in total. The Kier molecular flexibility index (Phi) is 5.67. The van der Waals surface area contributed by atoms with Crippen LogP contribution in [0.2, 0.25) is 0 Å². The van der Waals surface area contributed by atoms with Gasteiger partial charge in [-0.3, -0.25) is 9.69 Å². The summed E-state index contributed by atoms with van der Waals surface area (Å²) in [4.78, 5) is 19.6. The van der Waals surface area contributed by atoms with Crippen molar-refractivity contribution >= 4 is 40.2 Å². The Morgan fingerprint density at radius 1 is 1.17 bits per heavy atom. The standard InChI is InChI=1S/C24H22N2O2S/c1-26-23(27)22(29-24(26)25-20-11-13-21(28-2)14-12-20)16-17-7-6-10-19(15-17)18-8-4-3-5-9-18/h3-4,6-8,10-16H,5,9H2,1-2H3/b22-16-,25-24+. The van der Waals surface area contributed by atoms with Gasteiger partial charge in [0.15, 0.2) is 5.17 Å². The average Bonchev–Trinajstić information content (AvgIpc) is 3.03. The molecule has 5 heteroatoms. The van der Waals surface area contributed by atoms with Gasteiger partial charge in [-0.15, -0.1) is 0 Å². The fourth-order valence-electron chi connectivity index (χ4n) is 3.24. The van der Waals surface area contributed by atoms with Crippen molar-refractivity contribution in [2.75, 3.05) is 14.2 Å². The Labute approximate surface area is 175 Å². The van der Waals surface area contributed by atoms with Crippen molar-refractivity contribution in [1.29, 1.82) is 0 Å². The van der Waals surface area contributed by atoms with Gasteiger partial charge < -0.3 is 4.74 Å². The molecular weight excluding hydrogens is 380 g/mol. The highest BCUT2D eigenvalue weighted by Crippen LogP contribution is 2.34. The first-order chi connectivity index (χ1) is 14.1. The quantitative estimate of drug-likeness (QED) is 0.620. The molecule has 1 aliphatic carbocycles. The lowest BCUT2D eigenvalue weighted by Gasteiger charge is -2.10. The van der Waals surface area contributed by atoms with Gasteiger partial charge in [0.05, 0.1) is 17.7 Å². The van der Waals surface area contributed by atoms with Crippen LogP contribution in [0.3, 0.4) is 0 Å². The van der Waals surface area contributed by atoms with Crippen LogP contribution >= 0.6 is 11.8 Å². The van der Waals surface area contributed by atoms with E-state index in [2.05, 4.69) is 35.4 Å². The zero-order valence-electron chi connectivity index (χ0n) is 16.5. The lowest BCUT2D eigenvalue weighted by atomic mass is 9.96. The number of allylic oxidation sites excluding steroid dienone is 4. The van der Waals surface area contributed by atoms with Crippen LogP contribution in [0.1, 0.15) is 24.0 Å². The lowest BCUT2D eigenvalue weighted by molar-refractivity contribution is -0.121. The minimum Gasteiger partial charge on any atom is -0.497 e. The predicted molar refractivity (Wildman–Crippen MR) is 121 cm³/mol. The predicted octanol–water partition coefficient (Wildman–Crippen LogP) is 5.66. The average molecular weight is 403 g/mol. The van der Waals surface area contributed by atoms with Gasteiger partial charge in [-0.25, -0.2) is 4.99 Å². The van der Waals surface area contributed by atoms with Crippen molar-refractivity contribution in [1.82, 2.24) is 4.90 Å². The maximum Gasteiger partial charge on any atom is 0.266 e. The molecule has 2 aromatic rings. The van der Waals surface area contributed by atoms with Gasteiger partial charge >= 0.3 is 0 Å². The summed E-state index contributed by atoms with van der Waals surface area (Å²) < 4.78 is 5.18. The van der Waals surface area contributed by atoms with E-state index in [0.717, 1.165) is 29.8 Å². The van der Waals surface area contributed by atoms with Gasteiger partial charge in [-0.1, -0.05) is 36.4 Å². The molecule has 29 heavy (non-hydrogen) atoms. The first kappa shape index (κ1) is 19.3. The van der Waals surface area contributed by atoms with E-state index in [1.807, 2.05) is 42.5 Å². The molecule has 1 amide bonds. The minimum absolute atomic E-state index is 0.0347. The summed E-state index contributed by atoms with van der Waals surface area (Å²) in [5.41, 5.74) is 4.35. The molecule has 2 aliphatic rings. The van der Waals surface area contributed by atoms with Crippen LogP contribution < -0.4 is 4.74 Å². The number of hydrogen-bond donors (Lipinski definition) is 0. The summed E-state index contributed by atoms with van der Waals surface area (Å²) in [6.45, 7) is 0. The number of amidine groups is 1. The monoisotopic (exact) mass is 402 g/mol. The second-order valence-electron chi connectivity index (χ2n) is 6.85. The van der Waals surface area contributed by atoms with Crippen LogP contribution in [-0.4, -0.2) is 30.1 Å². The van der Waals surface area contributed by atoms with Crippen molar-refractivity contribution in [2.45, 2.75) is 12.8 Å². The molecule has 2 aromatic carbocycles. The van der Waals surface area contributed by atoms with Crippen LogP contribution in [0.25, 0.3) is 11.6 Å². The molecule has 4 rings (SSSR count). The van der Waals surface area contributed by atoms with Gasteiger partial charge in [-0.05, 0) is 77.7 Å². The highest BCUT2D eigenvalue weighted by molar-refractivity contribution is 8.18. The molecule has 4 nitrogen and oxygen atoms in total. The van der Waals surface area contributed by atoms with Gasteiger partial charge in [0, 0.05) is 7.05 Å². The number of rotatable bonds is 4. The number of amides is 1. The Bertz CT molecular complexity index is 1050. The van der Waals surface area contributed by atoms with E-state index in [0.29, 0.717) is 10.1 Å². The van der Waals surface area contributed by atoms with Crippen LogP contribution in [0, 0.1) is 0 Å². The second-order valence-corrected chi connectivity index (χ2v) is 7.86. The molecule has 0 radical (unpaired) electrons. The van der Waals surface area contributed by atoms with E-state index in [1.165, 1.54) is 22.9 Å². The highest BCUT2D eigenvalue weighted by Gasteiger charge is 2.30. The maximum absolute atomic E-state index is 12.7. The SMILES string of the molecule is COc1ccc(/N=C2/S/C(=C\c3cccc(C4=CC=CCC4)c3)C(=O)N2C)cc1. The van der Waals surface area contributed by atoms with Crippen molar-refractivity contribution in [3.05, 3.63) is 82.8 Å². The molecule has 146 valence electrons. The summed E-state index contributed by atoms with van der Waals surface area (Å²) in [6, 6.07) is 15.8. The third kappa shape index (κ3) is 4.35. The van der Waals surface area contributed by atoms with E-state index in [1.54, 1.807) is 19.1 Å². The van der Waals surface area contributed by atoms with Gasteiger partial charge in [0.25, 0.3) is 5.91 Å². The highest BCUT2D eigenvalue weighted by atomic mass is 32.2. The summed E-state index contributed by atoms with van der Waals surface area (Å²) in [5.74, 6) is 0.744. The fraction of sp³-hybridized carbons (Fsp3) is 0.167. The molecular formula is C24H22N2O2S.